The second-order valence-electron chi connectivity index (χ2n) is 5.64. The minimum atomic E-state index is -0.119. The number of hydrogen-bond donors (Lipinski definition) is 0. The molecule has 1 saturated heterocycles. The predicted molar refractivity (Wildman–Crippen MR) is 78.1 cm³/mol. The maximum absolute atomic E-state index is 12.5. The van der Waals surface area contributed by atoms with Crippen molar-refractivity contribution >= 4 is 27.6 Å². The maximum Gasteiger partial charge on any atom is 0.325 e. The van der Waals surface area contributed by atoms with Gasteiger partial charge in [0.25, 0.3) is 0 Å². The molecule has 0 atom stereocenters. The van der Waals surface area contributed by atoms with E-state index in [1.54, 1.807) is 0 Å². The Kier molecular flexibility index (Phi) is 3.41. The van der Waals surface area contributed by atoms with Crippen LogP contribution < -0.4 is 4.90 Å². The number of carbonyl (C=O) groups excluding carboxylic acids is 1. The van der Waals surface area contributed by atoms with Gasteiger partial charge in [0.2, 0.25) is 0 Å². The standard InChI is InChI=1S/C14H19BrN2O/c1-10-11(15)6-5-7-12(10)16-8-9-17(13(16)18)14(2,3)4/h5-7H,8-9H2,1-4H3. The molecule has 4 heteroatoms. The maximum atomic E-state index is 12.5. The fraction of sp³-hybridized carbons (Fsp3) is 0.500. The molecule has 0 aliphatic carbocycles. The zero-order chi connectivity index (χ0) is 13.5. The van der Waals surface area contributed by atoms with Gasteiger partial charge in [-0.2, -0.15) is 0 Å². The van der Waals surface area contributed by atoms with Gasteiger partial charge < -0.3 is 4.90 Å². The summed E-state index contributed by atoms with van der Waals surface area (Å²) in [5.41, 5.74) is 1.99. The number of amides is 2. The quantitative estimate of drug-likeness (QED) is 0.774. The minimum absolute atomic E-state index is 0.101. The van der Waals surface area contributed by atoms with E-state index < -0.39 is 0 Å². The molecule has 0 aromatic heterocycles. The smallest absolute Gasteiger partial charge is 0.318 e. The molecule has 1 aromatic rings. The van der Waals surface area contributed by atoms with Gasteiger partial charge in [-0.1, -0.05) is 22.0 Å². The summed E-state index contributed by atoms with van der Waals surface area (Å²) < 4.78 is 1.04. The van der Waals surface area contributed by atoms with Gasteiger partial charge in [-0.15, -0.1) is 0 Å². The Morgan fingerprint density at radius 3 is 2.44 bits per heavy atom. The van der Waals surface area contributed by atoms with Gasteiger partial charge in [0.05, 0.1) is 0 Å². The molecule has 0 radical (unpaired) electrons. The van der Waals surface area contributed by atoms with E-state index in [0.717, 1.165) is 28.8 Å². The highest BCUT2D eigenvalue weighted by Gasteiger charge is 2.36. The lowest BCUT2D eigenvalue weighted by atomic mass is 10.1. The third kappa shape index (κ3) is 2.26. The second kappa shape index (κ2) is 4.57. The third-order valence-corrected chi connectivity index (χ3v) is 4.21. The van der Waals surface area contributed by atoms with Crippen LogP contribution in [0.15, 0.2) is 22.7 Å². The number of urea groups is 1. The van der Waals surface area contributed by atoms with E-state index in [-0.39, 0.29) is 11.6 Å². The fourth-order valence-electron chi connectivity index (χ4n) is 2.27. The minimum Gasteiger partial charge on any atom is -0.318 e. The zero-order valence-electron chi connectivity index (χ0n) is 11.3. The molecule has 2 amide bonds. The summed E-state index contributed by atoms with van der Waals surface area (Å²) in [6.45, 7) is 9.79. The van der Waals surface area contributed by atoms with E-state index in [1.165, 1.54) is 0 Å². The molecule has 0 unspecified atom stereocenters. The van der Waals surface area contributed by atoms with E-state index in [1.807, 2.05) is 34.9 Å². The van der Waals surface area contributed by atoms with Crippen LogP contribution in [-0.4, -0.2) is 29.6 Å². The van der Waals surface area contributed by atoms with Gasteiger partial charge in [0, 0.05) is 28.8 Å². The predicted octanol–water partition coefficient (Wildman–Crippen LogP) is 3.80. The second-order valence-corrected chi connectivity index (χ2v) is 6.49. The van der Waals surface area contributed by atoms with Crippen LogP contribution in [-0.2, 0) is 0 Å². The van der Waals surface area contributed by atoms with E-state index in [9.17, 15) is 4.79 Å². The molecule has 0 bridgehead atoms. The number of benzene rings is 1. The molecular weight excluding hydrogens is 292 g/mol. The first-order valence-electron chi connectivity index (χ1n) is 6.16. The molecule has 0 spiro atoms. The molecule has 18 heavy (non-hydrogen) atoms. The molecular formula is C14H19BrN2O. The first-order valence-corrected chi connectivity index (χ1v) is 6.96. The molecule has 98 valence electrons. The van der Waals surface area contributed by atoms with Crippen molar-refractivity contribution in [3.8, 4) is 0 Å². The van der Waals surface area contributed by atoms with Gasteiger partial charge >= 0.3 is 6.03 Å². The summed E-state index contributed by atoms with van der Waals surface area (Å²) in [6.07, 6.45) is 0. The Morgan fingerprint density at radius 1 is 1.22 bits per heavy atom. The summed E-state index contributed by atoms with van der Waals surface area (Å²) in [5.74, 6) is 0. The third-order valence-electron chi connectivity index (χ3n) is 3.35. The molecule has 2 rings (SSSR count). The van der Waals surface area contributed by atoms with Crippen molar-refractivity contribution in [1.82, 2.24) is 4.90 Å². The van der Waals surface area contributed by atoms with Gasteiger partial charge in [-0.05, 0) is 45.4 Å². The average Bonchev–Trinajstić information content (AvgIpc) is 2.64. The largest absolute Gasteiger partial charge is 0.325 e. The van der Waals surface area contributed by atoms with Crippen molar-refractivity contribution < 1.29 is 4.79 Å². The Labute approximate surface area is 117 Å². The Balaban J connectivity index is 2.32. The van der Waals surface area contributed by atoms with Gasteiger partial charge in [-0.3, -0.25) is 4.90 Å². The monoisotopic (exact) mass is 310 g/mol. The molecule has 1 aromatic carbocycles. The average molecular weight is 311 g/mol. The Morgan fingerprint density at radius 2 is 1.89 bits per heavy atom. The van der Waals surface area contributed by atoms with Crippen molar-refractivity contribution in [1.29, 1.82) is 0 Å². The number of nitrogens with zero attached hydrogens (tertiary/aromatic N) is 2. The topological polar surface area (TPSA) is 23.6 Å². The van der Waals surface area contributed by atoms with Crippen LogP contribution in [0.1, 0.15) is 26.3 Å². The van der Waals surface area contributed by atoms with Crippen LogP contribution in [0.25, 0.3) is 0 Å². The summed E-state index contributed by atoms with van der Waals surface area (Å²) in [5, 5.41) is 0. The molecule has 0 N–H and O–H groups in total. The van der Waals surface area contributed by atoms with E-state index in [0.29, 0.717) is 0 Å². The van der Waals surface area contributed by atoms with Gasteiger partial charge in [0.1, 0.15) is 0 Å². The van der Waals surface area contributed by atoms with Crippen molar-refractivity contribution in [3.63, 3.8) is 0 Å². The van der Waals surface area contributed by atoms with E-state index in [2.05, 4.69) is 36.7 Å². The van der Waals surface area contributed by atoms with Crippen molar-refractivity contribution in [3.05, 3.63) is 28.2 Å². The highest BCUT2D eigenvalue weighted by atomic mass is 79.9. The normalized spacial score (nSPS) is 16.6. The van der Waals surface area contributed by atoms with Crippen LogP contribution in [0.5, 0.6) is 0 Å². The molecule has 3 nitrogen and oxygen atoms in total. The molecule has 1 fully saturated rings. The van der Waals surface area contributed by atoms with Gasteiger partial charge in [-0.25, -0.2) is 4.79 Å². The van der Waals surface area contributed by atoms with Crippen LogP contribution in [0, 0.1) is 6.92 Å². The summed E-state index contributed by atoms with van der Waals surface area (Å²) in [4.78, 5) is 16.2. The molecule has 0 saturated carbocycles. The lowest BCUT2D eigenvalue weighted by Crippen LogP contribution is -2.44. The number of halogens is 1. The summed E-state index contributed by atoms with van der Waals surface area (Å²) in [6, 6.07) is 6.08. The number of rotatable bonds is 1. The number of carbonyl (C=O) groups is 1. The first kappa shape index (κ1) is 13.4. The first-order chi connectivity index (χ1) is 8.32. The lowest BCUT2D eigenvalue weighted by molar-refractivity contribution is 0.173. The van der Waals surface area contributed by atoms with E-state index in [4.69, 9.17) is 0 Å². The van der Waals surface area contributed by atoms with Crippen LogP contribution in [0.3, 0.4) is 0 Å². The van der Waals surface area contributed by atoms with Crippen LogP contribution in [0.4, 0.5) is 10.5 Å². The lowest BCUT2D eigenvalue weighted by Gasteiger charge is -2.31. The molecule has 1 aliphatic heterocycles. The Hall–Kier alpha value is -1.03. The SMILES string of the molecule is Cc1c(Br)cccc1N1CCN(C(C)(C)C)C1=O. The number of hydrogen-bond acceptors (Lipinski definition) is 1. The fourth-order valence-corrected chi connectivity index (χ4v) is 2.63. The highest BCUT2D eigenvalue weighted by molar-refractivity contribution is 9.10. The number of anilines is 1. The molecule has 1 aliphatic rings. The van der Waals surface area contributed by atoms with Crippen LogP contribution in [0.2, 0.25) is 0 Å². The van der Waals surface area contributed by atoms with E-state index >= 15 is 0 Å². The van der Waals surface area contributed by atoms with Crippen molar-refractivity contribution in [2.24, 2.45) is 0 Å². The zero-order valence-corrected chi connectivity index (χ0v) is 12.9. The van der Waals surface area contributed by atoms with Crippen molar-refractivity contribution in [2.45, 2.75) is 33.2 Å². The highest BCUT2D eigenvalue weighted by Crippen LogP contribution is 2.31. The molecule has 1 heterocycles. The Bertz CT molecular complexity index is 479. The van der Waals surface area contributed by atoms with Gasteiger partial charge in [0.15, 0.2) is 0 Å². The van der Waals surface area contributed by atoms with Crippen molar-refractivity contribution in [2.75, 3.05) is 18.0 Å². The summed E-state index contributed by atoms with van der Waals surface area (Å²) in [7, 11) is 0. The summed E-state index contributed by atoms with van der Waals surface area (Å²) >= 11 is 3.52. The van der Waals surface area contributed by atoms with Crippen LogP contribution >= 0.6 is 15.9 Å².